The molecular formula is C18H24IN5S. The number of imidazole rings is 1. The van der Waals surface area contributed by atoms with Crippen LogP contribution in [0.25, 0.3) is 11.0 Å². The second-order valence-electron chi connectivity index (χ2n) is 5.65. The number of halogens is 1. The smallest absolute Gasteiger partial charge is 0.191 e. The normalized spacial score (nSPS) is 11.4. The van der Waals surface area contributed by atoms with Gasteiger partial charge in [-0.3, -0.25) is 4.99 Å². The number of aryl methyl sites for hydroxylation is 2. The number of aromatic nitrogens is 2. The van der Waals surface area contributed by atoms with Crippen molar-refractivity contribution in [1.82, 2.24) is 20.2 Å². The van der Waals surface area contributed by atoms with Crippen LogP contribution in [-0.4, -0.2) is 29.1 Å². The molecule has 0 aliphatic carbocycles. The molecule has 0 unspecified atom stereocenters. The quantitative estimate of drug-likeness (QED) is 0.250. The molecule has 5 nitrogen and oxygen atoms in total. The van der Waals surface area contributed by atoms with Gasteiger partial charge >= 0.3 is 0 Å². The van der Waals surface area contributed by atoms with E-state index in [2.05, 4.69) is 56.4 Å². The molecule has 0 fully saturated rings. The minimum Gasteiger partial charge on any atom is -0.356 e. The van der Waals surface area contributed by atoms with Gasteiger partial charge in [-0.05, 0) is 37.6 Å². The molecule has 0 saturated heterocycles. The van der Waals surface area contributed by atoms with Crippen LogP contribution in [0, 0.1) is 6.92 Å². The van der Waals surface area contributed by atoms with Crippen LogP contribution in [0.5, 0.6) is 0 Å². The molecule has 0 spiro atoms. The topological polar surface area (TPSA) is 54.2 Å². The molecule has 2 heterocycles. The lowest BCUT2D eigenvalue weighted by molar-refractivity contribution is 0.637. The highest BCUT2D eigenvalue weighted by Crippen LogP contribution is 2.14. The number of hydrogen-bond donors (Lipinski definition) is 2. The van der Waals surface area contributed by atoms with Gasteiger partial charge in [0.15, 0.2) is 5.96 Å². The molecule has 0 aliphatic rings. The first kappa shape index (κ1) is 19.7. The second kappa shape index (κ2) is 9.76. The fourth-order valence-corrected chi connectivity index (χ4v) is 3.45. The fourth-order valence-electron chi connectivity index (χ4n) is 2.62. The van der Waals surface area contributed by atoms with E-state index in [1.807, 2.05) is 29.8 Å². The Labute approximate surface area is 169 Å². The molecule has 25 heavy (non-hydrogen) atoms. The molecule has 0 bridgehead atoms. The average Bonchev–Trinajstić information content (AvgIpc) is 3.20. The fraction of sp³-hybridized carbons (Fsp3) is 0.333. The minimum absolute atomic E-state index is 0. The molecular weight excluding hydrogens is 445 g/mol. The van der Waals surface area contributed by atoms with Gasteiger partial charge in [0.1, 0.15) is 0 Å². The van der Waals surface area contributed by atoms with Gasteiger partial charge in [0, 0.05) is 29.9 Å². The summed E-state index contributed by atoms with van der Waals surface area (Å²) in [5.74, 6) is 0.844. The maximum absolute atomic E-state index is 4.42. The summed E-state index contributed by atoms with van der Waals surface area (Å²) in [6.07, 6.45) is 2.93. The van der Waals surface area contributed by atoms with Gasteiger partial charge in [0.05, 0.1) is 23.9 Å². The van der Waals surface area contributed by atoms with Crippen LogP contribution in [0.1, 0.15) is 16.2 Å². The van der Waals surface area contributed by atoms with E-state index in [-0.39, 0.29) is 24.0 Å². The number of aliphatic imine (C=N–C) groups is 1. The van der Waals surface area contributed by atoms with Crippen LogP contribution in [0.4, 0.5) is 0 Å². The van der Waals surface area contributed by atoms with Gasteiger partial charge < -0.3 is 15.2 Å². The van der Waals surface area contributed by atoms with E-state index in [9.17, 15) is 0 Å². The minimum atomic E-state index is 0. The van der Waals surface area contributed by atoms with Crippen molar-refractivity contribution < 1.29 is 0 Å². The lowest BCUT2D eigenvalue weighted by atomic mass is 10.3. The van der Waals surface area contributed by atoms with E-state index in [4.69, 9.17) is 0 Å². The van der Waals surface area contributed by atoms with Gasteiger partial charge in [0.2, 0.25) is 0 Å². The Morgan fingerprint density at radius 1 is 1.20 bits per heavy atom. The van der Waals surface area contributed by atoms with Gasteiger partial charge in [-0.2, -0.15) is 0 Å². The van der Waals surface area contributed by atoms with Crippen LogP contribution in [0.15, 0.2) is 47.7 Å². The predicted octanol–water partition coefficient (Wildman–Crippen LogP) is 3.78. The third-order valence-corrected chi connectivity index (χ3v) is 4.85. The summed E-state index contributed by atoms with van der Waals surface area (Å²) < 4.78 is 2.20. The lowest BCUT2D eigenvalue weighted by Gasteiger charge is -2.11. The third kappa shape index (κ3) is 5.43. The molecule has 3 rings (SSSR count). The average molecular weight is 469 g/mol. The Morgan fingerprint density at radius 2 is 2.04 bits per heavy atom. The van der Waals surface area contributed by atoms with Crippen molar-refractivity contribution in [2.45, 2.75) is 26.4 Å². The first-order chi connectivity index (χ1) is 11.8. The maximum atomic E-state index is 4.42. The first-order valence-electron chi connectivity index (χ1n) is 8.16. The van der Waals surface area contributed by atoms with E-state index in [0.717, 1.165) is 37.5 Å². The van der Waals surface area contributed by atoms with Crippen LogP contribution in [0.2, 0.25) is 0 Å². The zero-order chi connectivity index (χ0) is 16.8. The molecule has 7 heteroatoms. The molecule has 2 N–H and O–H groups in total. The van der Waals surface area contributed by atoms with Crippen molar-refractivity contribution in [3.05, 3.63) is 52.5 Å². The summed E-state index contributed by atoms with van der Waals surface area (Å²) in [5.41, 5.74) is 2.24. The third-order valence-electron chi connectivity index (χ3n) is 3.85. The van der Waals surface area contributed by atoms with E-state index >= 15 is 0 Å². The number of nitrogens with zero attached hydrogens (tertiary/aromatic N) is 3. The monoisotopic (exact) mass is 469 g/mol. The van der Waals surface area contributed by atoms with E-state index in [1.54, 1.807) is 7.05 Å². The van der Waals surface area contributed by atoms with Crippen molar-refractivity contribution in [2.75, 3.05) is 13.6 Å². The maximum Gasteiger partial charge on any atom is 0.191 e. The summed E-state index contributed by atoms with van der Waals surface area (Å²) in [6.45, 7) is 4.75. The van der Waals surface area contributed by atoms with Crippen LogP contribution in [-0.2, 0) is 13.1 Å². The van der Waals surface area contributed by atoms with Crippen LogP contribution < -0.4 is 10.6 Å². The second-order valence-corrected chi connectivity index (χ2v) is 7.02. The molecule has 2 aromatic heterocycles. The Kier molecular flexibility index (Phi) is 7.70. The number of hydrogen-bond acceptors (Lipinski definition) is 3. The highest BCUT2D eigenvalue weighted by molar-refractivity contribution is 14.0. The van der Waals surface area contributed by atoms with Crippen LogP contribution >= 0.6 is 35.3 Å². The number of fused-ring (bicyclic) bond motifs is 1. The van der Waals surface area contributed by atoms with Gasteiger partial charge in [-0.1, -0.05) is 12.1 Å². The zero-order valence-corrected chi connectivity index (χ0v) is 17.7. The molecule has 134 valence electrons. The summed E-state index contributed by atoms with van der Waals surface area (Å²) >= 11 is 1.81. The molecule has 3 aromatic rings. The van der Waals surface area contributed by atoms with E-state index in [0.29, 0.717) is 0 Å². The Bertz CT molecular complexity index is 824. The molecule has 0 amide bonds. The molecule has 0 atom stereocenters. The summed E-state index contributed by atoms with van der Waals surface area (Å²) in [6, 6.07) is 12.5. The van der Waals surface area contributed by atoms with Crippen molar-refractivity contribution in [3.63, 3.8) is 0 Å². The number of para-hydroxylation sites is 2. The van der Waals surface area contributed by atoms with E-state index < -0.39 is 0 Å². The van der Waals surface area contributed by atoms with E-state index in [1.165, 1.54) is 15.3 Å². The Morgan fingerprint density at radius 3 is 2.80 bits per heavy atom. The Hall–Kier alpha value is -1.61. The highest BCUT2D eigenvalue weighted by atomic mass is 127. The molecule has 0 saturated carbocycles. The standard InChI is InChI=1S/C18H23N5S.HI/c1-14-8-9-15(24-14)12-21-18(19-2)20-10-5-11-23-13-22-16-6-3-4-7-17(16)23;/h3-4,6-9,13H,5,10-12H2,1-2H3,(H2,19,20,21);1H. The van der Waals surface area contributed by atoms with Crippen LogP contribution in [0.3, 0.4) is 0 Å². The summed E-state index contributed by atoms with van der Waals surface area (Å²) in [5, 5.41) is 6.72. The number of benzene rings is 1. The summed E-state index contributed by atoms with van der Waals surface area (Å²) in [7, 11) is 1.80. The largest absolute Gasteiger partial charge is 0.356 e. The summed E-state index contributed by atoms with van der Waals surface area (Å²) in [4.78, 5) is 11.4. The molecule has 0 aliphatic heterocycles. The van der Waals surface area contributed by atoms with Gasteiger partial charge in [-0.25, -0.2) is 4.98 Å². The Balaban J connectivity index is 0.00000225. The van der Waals surface area contributed by atoms with Gasteiger partial charge in [-0.15, -0.1) is 35.3 Å². The highest BCUT2D eigenvalue weighted by Gasteiger charge is 2.02. The molecule has 0 radical (unpaired) electrons. The SMILES string of the molecule is CN=C(NCCCn1cnc2ccccc21)NCc1ccc(C)s1.I. The van der Waals surface area contributed by atoms with Crippen molar-refractivity contribution in [2.24, 2.45) is 4.99 Å². The lowest BCUT2D eigenvalue weighted by Crippen LogP contribution is -2.37. The van der Waals surface area contributed by atoms with Crippen molar-refractivity contribution >= 4 is 52.3 Å². The molecule has 1 aromatic carbocycles. The predicted molar refractivity (Wildman–Crippen MR) is 117 cm³/mol. The van der Waals surface area contributed by atoms with Gasteiger partial charge in [0.25, 0.3) is 0 Å². The number of rotatable bonds is 6. The number of guanidine groups is 1. The number of thiophene rings is 1. The first-order valence-corrected chi connectivity index (χ1v) is 8.97. The van der Waals surface area contributed by atoms with Crippen molar-refractivity contribution in [1.29, 1.82) is 0 Å². The number of nitrogens with one attached hydrogen (secondary N) is 2. The van der Waals surface area contributed by atoms with Crippen molar-refractivity contribution in [3.8, 4) is 0 Å². The zero-order valence-electron chi connectivity index (χ0n) is 14.5.